The molecule has 18 heavy (non-hydrogen) atoms. The molecule has 0 fully saturated rings. The van der Waals surface area contributed by atoms with Gasteiger partial charge in [0.05, 0.1) is 5.92 Å². The molecule has 0 aromatic rings. The number of aliphatic carboxylic acids is 1. The minimum absolute atomic E-state index is 0.00653. The van der Waals surface area contributed by atoms with E-state index in [9.17, 15) is 4.79 Å². The summed E-state index contributed by atoms with van der Waals surface area (Å²) < 4.78 is 0. The van der Waals surface area contributed by atoms with Crippen molar-refractivity contribution in [2.45, 2.75) is 83.3 Å². The molecule has 0 aromatic carbocycles. The maximum Gasteiger partial charge on any atom is 0.307 e. The van der Waals surface area contributed by atoms with E-state index in [-0.39, 0.29) is 11.2 Å². The van der Waals surface area contributed by atoms with Crippen LogP contribution in [0.1, 0.15) is 78.1 Å². The molecule has 2 atom stereocenters. The third kappa shape index (κ3) is 9.81. The second kappa shape index (κ2) is 11.9. The quantitative estimate of drug-likeness (QED) is 0.391. The van der Waals surface area contributed by atoms with E-state index in [2.05, 4.69) is 19.6 Å². The van der Waals surface area contributed by atoms with Crippen molar-refractivity contribution in [2.75, 3.05) is 0 Å². The van der Waals surface area contributed by atoms with E-state index in [0.29, 0.717) is 0 Å². The Morgan fingerprint density at radius 3 is 1.89 bits per heavy atom. The highest BCUT2D eigenvalue weighted by Crippen LogP contribution is 2.18. The van der Waals surface area contributed by atoms with Crippen LogP contribution in [-0.4, -0.2) is 16.3 Å². The molecule has 1 N–H and O–H groups in total. The third-order valence-corrected chi connectivity index (χ3v) is 4.28. The van der Waals surface area contributed by atoms with Gasteiger partial charge in [0.1, 0.15) is 0 Å². The van der Waals surface area contributed by atoms with Gasteiger partial charge in [0.2, 0.25) is 0 Å². The van der Waals surface area contributed by atoms with E-state index in [0.717, 1.165) is 12.8 Å². The zero-order valence-electron chi connectivity index (χ0n) is 12.0. The van der Waals surface area contributed by atoms with Gasteiger partial charge >= 0.3 is 5.97 Å². The Balaban J connectivity index is 3.27. The first kappa shape index (κ1) is 17.8. The molecule has 0 aliphatic rings. The standard InChI is InChI=1S/C15H30O2S/c1-3-4-5-6-7-8-9-10-11-12-14(18)13(2)15(16)17/h13-14,18H,3-12H2,1-2H3,(H,16,17). The lowest BCUT2D eigenvalue weighted by Crippen LogP contribution is -2.20. The van der Waals surface area contributed by atoms with E-state index in [1.54, 1.807) is 6.92 Å². The topological polar surface area (TPSA) is 37.3 Å². The number of carbonyl (C=O) groups is 1. The molecular formula is C15H30O2S. The van der Waals surface area contributed by atoms with Gasteiger partial charge in [0, 0.05) is 5.25 Å². The largest absolute Gasteiger partial charge is 0.481 e. The molecule has 0 amide bonds. The first-order valence-corrected chi connectivity index (χ1v) is 8.02. The fourth-order valence-corrected chi connectivity index (χ4v) is 2.39. The molecule has 0 radical (unpaired) electrons. The van der Waals surface area contributed by atoms with E-state index < -0.39 is 5.97 Å². The number of rotatable bonds is 12. The molecule has 0 saturated heterocycles. The summed E-state index contributed by atoms with van der Waals surface area (Å²) in [6.45, 7) is 3.99. The summed E-state index contributed by atoms with van der Waals surface area (Å²) in [4.78, 5) is 10.8. The van der Waals surface area contributed by atoms with Gasteiger partial charge in [-0.05, 0) is 6.42 Å². The molecule has 2 unspecified atom stereocenters. The molecule has 2 nitrogen and oxygen atoms in total. The summed E-state index contributed by atoms with van der Waals surface area (Å²) in [7, 11) is 0. The minimum atomic E-state index is -0.731. The Morgan fingerprint density at radius 2 is 1.44 bits per heavy atom. The van der Waals surface area contributed by atoms with Crippen LogP contribution in [0.25, 0.3) is 0 Å². The van der Waals surface area contributed by atoms with Crippen molar-refractivity contribution in [2.24, 2.45) is 5.92 Å². The van der Waals surface area contributed by atoms with E-state index >= 15 is 0 Å². The van der Waals surface area contributed by atoms with Crippen LogP contribution in [0, 0.1) is 5.92 Å². The van der Waals surface area contributed by atoms with Gasteiger partial charge in [0.25, 0.3) is 0 Å². The highest BCUT2D eigenvalue weighted by molar-refractivity contribution is 7.81. The minimum Gasteiger partial charge on any atom is -0.481 e. The van der Waals surface area contributed by atoms with Crippen LogP contribution < -0.4 is 0 Å². The van der Waals surface area contributed by atoms with Crippen LogP contribution in [0.2, 0.25) is 0 Å². The molecule has 0 heterocycles. The summed E-state index contributed by atoms with van der Waals surface area (Å²) >= 11 is 4.37. The van der Waals surface area contributed by atoms with Gasteiger partial charge in [-0.2, -0.15) is 12.6 Å². The number of unbranched alkanes of at least 4 members (excludes halogenated alkanes) is 8. The molecule has 0 saturated carbocycles. The lowest BCUT2D eigenvalue weighted by Gasteiger charge is -2.14. The summed E-state index contributed by atoms with van der Waals surface area (Å²) in [5.74, 6) is -1.06. The molecule has 3 heteroatoms. The fourth-order valence-electron chi connectivity index (χ4n) is 2.08. The van der Waals surface area contributed by atoms with Crippen molar-refractivity contribution in [3.05, 3.63) is 0 Å². The van der Waals surface area contributed by atoms with E-state index in [1.165, 1.54) is 51.4 Å². The summed E-state index contributed by atoms with van der Waals surface area (Å²) in [6, 6.07) is 0. The maximum atomic E-state index is 10.8. The zero-order valence-corrected chi connectivity index (χ0v) is 12.9. The average molecular weight is 274 g/mol. The lowest BCUT2D eigenvalue weighted by molar-refractivity contribution is -0.141. The van der Waals surface area contributed by atoms with Crippen LogP contribution in [0.15, 0.2) is 0 Å². The molecule has 0 aliphatic heterocycles. The van der Waals surface area contributed by atoms with Crippen molar-refractivity contribution < 1.29 is 9.90 Å². The number of hydrogen-bond acceptors (Lipinski definition) is 2. The Hall–Kier alpha value is -0.180. The normalized spacial score (nSPS) is 14.4. The number of hydrogen-bond donors (Lipinski definition) is 2. The third-order valence-electron chi connectivity index (χ3n) is 3.57. The van der Waals surface area contributed by atoms with Crippen molar-refractivity contribution in [1.29, 1.82) is 0 Å². The van der Waals surface area contributed by atoms with Crippen LogP contribution in [-0.2, 0) is 4.79 Å². The molecule has 0 spiro atoms. The average Bonchev–Trinajstić information content (AvgIpc) is 2.35. The Morgan fingerprint density at radius 1 is 1.00 bits per heavy atom. The van der Waals surface area contributed by atoms with Gasteiger partial charge in [0.15, 0.2) is 0 Å². The first-order chi connectivity index (χ1) is 8.59. The zero-order chi connectivity index (χ0) is 13.8. The fraction of sp³-hybridized carbons (Fsp3) is 0.933. The van der Waals surface area contributed by atoms with Crippen molar-refractivity contribution in [3.63, 3.8) is 0 Å². The molecule has 0 rings (SSSR count). The van der Waals surface area contributed by atoms with Crippen LogP contribution in [0.5, 0.6) is 0 Å². The Labute approximate surface area is 118 Å². The van der Waals surface area contributed by atoms with Gasteiger partial charge in [-0.25, -0.2) is 0 Å². The molecular weight excluding hydrogens is 244 g/mol. The SMILES string of the molecule is CCCCCCCCCCCC(S)C(C)C(=O)O. The predicted molar refractivity (Wildman–Crippen MR) is 81.4 cm³/mol. The van der Waals surface area contributed by atoms with Crippen LogP contribution in [0.4, 0.5) is 0 Å². The number of carboxylic acid groups (broad SMARTS) is 1. The second-order valence-electron chi connectivity index (χ2n) is 5.31. The van der Waals surface area contributed by atoms with Gasteiger partial charge in [-0.3, -0.25) is 4.79 Å². The van der Waals surface area contributed by atoms with Gasteiger partial charge in [-0.15, -0.1) is 0 Å². The highest BCUT2D eigenvalue weighted by Gasteiger charge is 2.19. The van der Waals surface area contributed by atoms with Crippen molar-refractivity contribution in [3.8, 4) is 0 Å². The monoisotopic (exact) mass is 274 g/mol. The number of carboxylic acids is 1. The Bertz CT molecular complexity index is 207. The molecule has 0 aliphatic carbocycles. The van der Waals surface area contributed by atoms with Crippen molar-refractivity contribution >= 4 is 18.6 Å². The predicted octanol–water partition coefficient (Wildman–Crippen LogP) is 4.93. The molecule has 0 bridgehead atoms. The summed E-state index contributed by atoms with van der Waals surface area (Å²) in [6.07, 6.45) is 12.7. The number of thiol groups is 1. The van der Waals surface area contributed by atoms with Crippen LogP contribution in [0.3, 0.4) is 0 Å². The van der Waals surface area contributed by atoms with Gasteiger partial charge in [-0.1, -0.05) is 71.6 Å². The molecule has 108 valence electrons. The highest BCUT2D eigenvalue weighted by atomic mass is 32.1. The van der Waals surface area contributed by atoms with Gasteiger partial charge < -0.3 is 5.11 Å². The van der Waals surface area contributed by atoms with E-state index in [4.69, 9.17) is 5.11 Å². The summed E-state index contributed by atoms with van der Waals surface area (Å²) in [5, 5.41) is 8.85. The smallest absolute Gasteiger partial charge is 0.307 e. The van der Waals surface area contributed by atoms with Crippen molar-refractivity contribution in [1.82, 2.24) is 0 Å². The van der Waals surface area contributed by atoms with Crippen LogP contribution >= 0.6 is 12.6 Å². The first-order valence-electron chi connectivity index (χ1n) is 7.50. The maximum absolute atomic E-state index is 10.8. The molecule has 0 aromatic heterocycles. The second-order valence-corrected chi connectivity index (χ2v) is 5.97. The Kier molecular flexibility index (Phi) is 11.8. The van der Waals surface area contributed by atoms with E-state index in [1.807, 2.05) is 0 Å². The lowest BCUT2D eigenvalue weighted by atomic mass is 10.0. The summed E-state index contributed by atoms with van der Waals surface area (Å²) in [5.41, 5.74) is 0.